The molecule has 0 unspecified atom stereocenters. The van der Waals surface area contributed by atoms with Crippen molar-refractivity contribution in [3.63, 3.8) is 0 Å². The normalized spacial score (nSPS) is 18.4. The van der Waals surface area contributed by atoms with Gasteiger partial charge in [-0.3, -0.25) is 4.79 Å². The van der Waals surface area contributed by atoms with Gasteiger partial charge in [-0.1, -0.05) is 5.16 Å². The van der Waals surface area contributed by atoms with Crippen LogP contribution in [-0.4, -0.2) is 59.3 Å². The Balaban J connectivity index is 1.46. The lowest BCUT2D eigenvalue weighted by Gasteiger charge is -2.30. The lowest BCUT2D eigenvalue weighted by atomic mass is 9.98. The molecule has 1 aliphatic heterocycles. The van der Waals surface area contributed by atoms with Gasteiger partial charge in [0.1, 0.15) is 0 Å². The molecule has 0 saturated carbocycles. The maximum Gasteiger partial charge on any atom is 0.231 e. The molecule has 136 valence electrons. The van der Waals surface area contributed by atoms with Gasteiger partial charge in [0, 0.05) is 44.6 Å². The fourth-order valence-electron chi connectivity index (χ4n) is 2.91. The molecule has 2 aromatic heterocycles. The molecule has 8 nitrogen and oxygen atoms in total. The molecule has 0 bridgehead atoms. The Hall–Kier alpha value is -1.84. The summed E-state index contributed by atoms with van der Waals surface area (Å²) in [4.78, 5) is 22.8. The van der Waals surface area contributed by atoms with Gasteiger partial charge < -0.3 is 19.5 Å². The molecule has 0 aromatic carbocycles. The van der Waals surface area contributed by atoms with Crippen LogP contribution in [0.25, 0.3) is 0 Å². The third-order valence-electron chi connectivity index (χ3n) is 4.20. The Morgan fingerprint density at radius 3 is 3.28 bits per heavy atom. The molecule has 1 saturated heterocycles. The van der Waals surface area contributed by atoms with Crippen LogP contribution in [0.4, 0.5) is 5.13 Å². The van der Waals surface area contributed by atoms with E-state index in [1.165, 1.54) is 11.3 Å². The highest BCUT2D eigenvalue weighted by Crippen LogP contribution is 2.25. The number of thiazole rings is 1. The number of amides is 1. The molecule has 3 rings (SSSR count). The zero-order valence-electron chi connectivity index (χ0n) is 14.3. The van der Waals surface area contributed by atoms with Crippen LogP contribution in [0.5, 0.6) is 0 Å². The van der Waals surface area contributed by atoms with Crippen LogP contribution in [0.2, 0.25) is 0 Å². The van der Waals surface area contributed by atoms with Crippen molar-refractivity contribution in [1.29, 1.82) is 0 Å². The summed E-state index contributed by atoms with van der Waals surface area (Å²) in [7, 11) is 1.66. The first-order chi connectivity index (χ1) is 12.2. The van der Waals surface area contributed by atoms with E-state index in [2.05, 4.69) is 25.3 Å². The fraction of sp³-hybridized carbons (Fsp3) is 0.625. The molecule has 9 heteroatoms. The lowest BCUT2D eigenvalue weighted by Crippen LogP contribution is -2.36. The Morgan fingerprint density at radius 1 is 1.56 bits per heavy atom. The number of piperidine rings is 1. The van der Waals surface area contributed by atoms with E-state index in [9.17, 15) is 4.79 Å². The van der Waals surface area contributed by atoms with Crippen molar-refractivity contribution in [2.45, 2.75) is 31.6 Å². The van der Waals surface area contributed by atoms with Crippen molar-refractivity contribution in [2.24, 2.45) is 0 Å². The highest BCUT2D eigenvalue weighted by Gasteiger charge is 2.26. The van der Waals surface area contributed by atoms with E-state index < -0.39 is 0 Å². The number of carbonyl (C=O) groups excluding carboxylic acids is 1. The Labute approximate surface area is 150 Å². The summed E-state index contributed by atoms with van der Waals surface area (Å²) in [6.07, 6.45) is 4.89. The minimum Gasteiger partial charge on any atom is -0.384 e. The first kappa shape index (κ1) is 18.0. The maximum absolute atomic E-state index is 12.0. The second kappa shape index (κ2) is 9.02. The van der Waals surface area contributed by atoms with Crippen LogP contribution in [-0.2, 0) is 16.0 Å². The molecule has 1 fully saturated rings. The lowest BCUT2D eigenvalue weighted by molar-refractivity contribution is -0.116. The molecule has 1 aliphatic rings. The number of aromatic nitrogens is 3. The third-order valence-corrected chi connectivity index (χ3v) is 4.89. The van der Waals surface area contributed by atoms with E-state index in [0.717, 1.165) is 32.5 Å². The number of nitrogens with one attached hydrogen (secondary N) is 1. The number of nitrogens with zero attached hydrogens (tertiary/aromatic N) is 4. The summed E-state index contributed by atoms with van der Waals surface area (Å²) < 4.78 is 10.5. The van der Waals surface area contributed by atoms with Gasteiger partial charge in [0.2, 0.25) is 11.8 Å². The van der Waals surface area contributed by atoms with Crippen LogP contribution in [0.1, 0.15) is 36.9 Å². The molecule has 3 heterocycles. The minimum absolute atomic E-state index is 0.00304. The Kier molecular flexibility index (Phi) is 6.48. The number of likely N-dealkylation sites (tertiary alicyclic amines) is 1. The number of rotatable bonds is 8. The molecule has 1 amide bonds. The predicted molar refractivity (Wildman–Crippen MR) is 93.7 cm³/mol. The second-order valence-corrected chi connectivity index (χ2v) is 6.96. The molecule has 1 N–H and O–H groups in total. The zero-order valence-corrected chi connectivity index (χ0v) is 15.1. The number of hydrogen-bond donors (Lipinski definition) is 1. The number of carbonyl (C=O) groups is 1. The smallest absolute Gasteiger partial charge is 0.231 e. The van der Waals surface area contributed by atoms with Crippen LogP contribution in [0, 0.1) is 0 Å². The van der Waals surface area contributed by atoms with Gasteiger partial charge in [-0.25, -0.2) is 4.98 Å². The average Bonchev–Trinajstić information content (AvgIpc) is 3.30. The first-order valence-corrected chi connectivity index (χ1v) is 9.35. The topological polar surface area (TPSA) is 93.4 Å². The molecule has 25 heavy (non-hydrogen) atoms. The van der Waals surface area contributed by atoms with E-state index in [1.54, 1.807) is 13.3 Å². The molecule has 0 spiro atoms. The highest BCUT2D eigenvalue weighted by atomic mass is 32.1. The summed E-state index contributed by atoms with van der Waals surface area (Å²) in [5, 5.41) is 9.32. The summed E-state index contributed by atoms with van der Waals surface area (Å²) >= 11 is 1.43. The van der Waals surface area contributed by atoms with Crippen LogP contribution >= 0.6 is 11.3 Å². The van der Waals surface area contributed by atoms with Gasteiger partial charge in [0.25, 0.3) is 0 Å². The number of methoxy groups -OCH3 is 1. The maximum atomic E-state index is 12.0. The van der Waals surface area contributed by atoms with Crippen LogP contribution in [0.3, 0.4) is 0 Å². The molecule has 0 radical (unpaired) electrons. The van der Waals surface area contributed by atoms with Gasteiger partial charge in [-0.2, -0.15) is 4.98 Å². The molecule has 2 aromatic rings. The Morgan fingerprint density at radius 2 is 2.48 bits per heavy atom. The number of hydrogen-bond acceptors (Lipinski definition) is 8. The largest absolute Gasteiger partial charge is 0.384 e. The van der Waals surface area contributed by atoms with E-state index in [0.29, 0.717) is 36.3 Å². The van der Waals surface area contributed by atoms with Crippen LogP contribution in [0.15, 0.2) is 16.1 Å². The molecular formula is C16H23N5O3S. The zero-order chi connectivity index (χ0) is 17.5. The summed E-state index contributed by atoms with van der Waals surface area (Å²) in [6.45, 7) is 3.14. The van der Waals surface area contributed by atoms with Gasteiger partial charge in [0.15, 0.2) is 11.0 Å². The first-order valence-electron chi connectivity index (χ1n) is 8.47. The number of anilines is 1. The molecule has 1 atom stereocenters. The molecular weight excluding hydrogens is 342 g/mol. The van der Waals surface area contributed by atoms with Crippen LogP contribution < -0.4 is 5.32 Å². The number of ether oxygens (including phenoxy) is 1. The quantitative estimate of drug-likeness (QED) is 0.764. The van der Waals surface area contributed by atoms with Gasteiger partial charge in [0.05, 0.1) is 12.5 Å². The summed E-state index contributed by atoms with van der Waals surface area (Å²) in [5.41, 5.74) is 0. The van der Waals surface area contributed by atoms with Crippen molar-refractivity contribution in [1.82, 2.24) is 20.0 Å². The van der Waals surface area contributed by atoms with Gasteiger partial charge in [-0.05, 0) is 19.4 Å². The third kappa shape index (κ3) is 5.32. The minimum atomic E-state index is -0.00304. The fourth-order valence-corrected chi connectivity index (χ4v) is 3.46. The van der Waals surface area contributed by atoms with E-state index in [-0.39, 0.29) is 11.8 Å². The van der Waals surface area contributed by atoms with Crippen molar-refractivity contribution >= 4 is 22.4 Å². The van der Waals surface area contributed by atoms with E-state index in [4.69, 9.17) is 9.26 Å². The van der Waals surface area contributed by atoms with Gasteiger partial charge in [-0.15, -0.1) is 11.3 Å². The van der Waals surface area contributed by atoms with E-state index in [1.807, 2.05) is 5.38 Å². The average molecular weight is 365 g/mol. The van der Waals surface area contributed by atoms with Gasteiger partial charge >= 0.3 is 0 Å². The standard InChI is InChI=1S/C16H23N5O3S/c1-23-9-5-13-18-15(24-20-13)12-3-2-7-21(11-12)8-4-14(22)19-16-17-6-10-25-16/h6,10,12H,2-5,7-9,11H2,1H3,(H,17,19,22)/t12-/m1/s1. The Bertz CT molecular complexity index is 661. The van der Waals surface area contributed by atoms with E-state index >= 15 is 0 Å². The van der Waals surface area contributed by atoms with Crippen molar-refractivity contribution in [2.75, 3.05) is 38.7 Å². The SMILES string of the molecule is COCCc1noc([C@@H]2CCCN(CCC(=O)Nc3nccs3)C2)n1. The van der Waals surface area contributed by atoms with Crippen molar-refractivity contribution < 1.29 is 14.1 Å². The monoisotopic (exact) mass is 365 g/mol. The second-order valence-electron chi connectivity index (χ2n) is 6.07. The summed E-state index contributed by atoms with van der Waals surface area (Å²) in [5.74, 6) is 1.62. The van der Waals surface area contributed by atoms with Crippen molar-refractivity contribution in [3.8, 4) is 0 Å². The molecule has 0 aliphatic carbocycles. The predicted octanol–water partition coefficient (Wildman–Crippen LogP) is 1.92. The summed E-state index contributed by atoms with van der Waals surface area (Å²) in [6, 6.07) is 0. The highest BCUT2D eigenvalue weighted by molar-refractivity contribution is 7.13. The van der Waals surface area contributed by atoms with Crippen molar-refractivity contribution in [3.05, 3.63) is 23.3 Å².